The van der Waals surface area contributed by atoms with Gasteiger partial charge in [0.15, 0.2) is 0 Å². The zero-order valence-electron chi connectivity index (χ0n) is 13.7. The molecule has 22 heavy (non-hydrogen) atoms. The van der Waals surface area contributed by atoms with Crippen molar-refractivity contribution in [1.29, 1.82) is 0 Å². The SMILES string of the molecule is Cc1ncc(CN2CCCOC(CN3CCCCC3)C2)cn1. The zero-order valence-corrected chi connectivity index (χ0v) is 13.7. The summed E-state index contributed by atoms with van der Waals surface area (Å²) in [5, 5.41) is 0. The van der Waals surface area contributed by atoms with E-state index in [9.17, 15) is 0 Å². The molecule has 0 amide bonds. The van der Waals surface area contributed by atoms with Crippen molar-refractivity contribution < 1.29 is 4.74 Å². The van der Waals surface area contributed by atoms with Crippen LogP contribution in [0, 0.1) is 6.92 Å². The fraction of sp³-hybridized carbons (Fsp3) is 0.765. The Balaban J connectivity index is 1.53. The van der Waals surface area contributed by atoms with Crippen LogP contribution in [0.2, 0.25) is 0 Å². The maximum atomic E-state index is 6.08. The summed E-state index contributed by atoms with van der Waals surface area (Å²) in [4.78, 5) is 13.7. The van der Waals surface area contributed by atoms with Crippen LogP contribution >= 0.6 is 0 Å². The predicted octanol–water partition coefficient (Wildman–Crippen LogP) is 1.86. The molecular weight excluding hydrogens is 276 g/mol. The number of rotatable bonds is 4. The van der Waals surface area contributed by atoms with Crippen molar-refractivity contribution in [3.63, 3.8) is 0 Å². The minimum atomic E-state index is 0.340. The van der Waals surface area contributed by atoms with Crippen molar-refractivity contribution in [2.24, 2.45) is 0 Å². The van der Waals surface area contributed by atoms with Crippen LogP contribution in [-0.2, 0) is 11.3 Å². The number of piperidine rings is 1. The first-order valence-corrected chi connectivity index (χ1v) is 8.63. The summed E-state index contributed by atoms with van der Waals surface area (Å²) in [5.41, 5.74) is 1.20. The van der Waals surface area contributed by atoms with E-state index in [2.05, 4.69) is 19.8 Å². The van der Waals surface area contributed by atoms with Gasteiger partial charge in [-0.05, 0) is 39.3 Å². The Labute approximate surface area is 133 Å². The molecule has 0 bridgehead atoms. The van der Waals surface area contributed by atoms with Gasteiger partial charge in [-0.1, -0.05) is 6.42 Å². The standard InChI is InChI=1S/C17H28N4O/c1-15-18-10-16(11-19-15)12-21-8-5-9-22-17(14-21)13-20-6-3-2-4-7-20/h10-11,17H,2-9,12-14H2,1H3. The quantitative estimate of drug-likeness (QED) is 0.849. The molecule has 3 rings (SSSR count). The lowest BCUT2D eigenvalue weighted by Gasteiger charge is -2.31. The summed E-state index contributed by atoms with van der Waals surface area (Å²) in [7, 11) is 0. The monoisotopic (exact) mass is 304 g/mol. The third-order valence-electron chi connectivity index (χ3n) is 4.59. The molecule has 0 N–H and O–H groups in total. The Morgan fingerprint density at radius 3 is 2.55 bits per heavy atom. The third kappa shape index (κ3) is 4.73. The summed E-state index contributed by atoms with van der Waals surface area (Å²) in [6, 6.07) is 0. The van der Waals surface area contributed by atoms with Gasteiger partial charge < -0.3 is 9.64 Å². The molecule has 0 aromatic carbocycles. The van der Waals surface area contributed by atoms with Gasteiger partial charge in [0.1, 0.15) is 5.82 Å². The minimum absolute atomic E-state index is 0.340. The van der Waals surface area contributed by atoms with Crippen molar-refractivity contribution in [2.45, 2.75) is 45.3 Å². The number of hydrogen-bond acceptors (Lipinski definition) is 5. The van der Waals surface area contributed by atoms with Gasteiger partial charge in [0.2, 0.25) is 0 Å². The fourth-order valence-electron chi connectivity index (χ4n) is 3.41. The molecule has 2 fully saturated rings. The van der Waals surface area contributed by atoms with Crippen LogP contribution in [0.1, 0.15) is 37.1 Å². The van der Waals surface area contributed by atoms with E-state index < -0.39 is 0 Å². The summed E-state index contributed by atoms with van der Waals surface area (Å²) in [6.45, 7) is 9.44. The molecule has 1 unspecified atom stereocenters. The van der Waals surface area contributed by atoms with Crippen molar-refractivity contribution in [2.75, 3.05) is 39.3 Å². The number of hydrogen-bond donors (Lipinski definition) is 0. The van der Waals surface area contributed by atoms with E-state index in [1.54, 1.807) is 0 Å². The number of likely N-dealkylation sites (tertiary alicyclic amines) is 1. The summed E-state index contributed by atoms with van der Waals surface area (Å²) in [6.07, 6.45) is 9.44. The fourth-order valence-corrected chi connectivity index (χ4v) is 3.41. The summed E-state index contributed by atoms with van der Waals surface area (Å²) >= 11 is 0. The third-order valence-corrected chi connectivity index (χ3v) is 4.59. The first kappa shape index (κ1) is 15.8. The second-order valence-corrected chi connectivity index (χ2v) is 6.58. The molecule has 122 valence electrons. The second kappa shape index (κ2) is 7.99. The van der Waals surface area contributed by atoms with Crippen LogP contribution in [0.15, 0.2) is 12.4 Å². The van der Waals surface area contributed by atoms with Crippen LogP contribution in [0.4, 0.5) is 0 Å². The molecule has 0 aliphatic carbocycles. The average Bonchev–Trinajstić information content (AvgIpc) is 2.76. The van der Waals surface area contributed by atoms with Gasteiger partial charge in [-0.25, -0.2) is 9.97 Å². The minimum Gasteiger partial charge on any atom is -0.376 e. The maximum absolute atomic E-state index is 6.08. The molecule has 0 spiro atoms. The predicted molar refractivity (Wildman–Crippen MR) is 86.7 cm³/mol. The van der Waals surface area contributed by atoms with Crippen molar-refractivity contribution in [3.05, 3.63) is 23.8 Å². The van der Waals surface area contributed by atoms with E-state index in [1.165, 1.54) is 37.9 Å². The van der Waals surface area contributed by atoms with Crippen LogP contribution in [-0.4, -0.2) is 65.2 Å². The summed E-state index contributed by atoms with van der Waals surface area (Å²) < 4.78 is 6.08. The number of aromatic nitrogens is 2. The molecule has 2 aliphatic heterocycles. The lowest BCUT2D eigenvalue weighted by molar-refractivity contribution is 0.0216. The first-order valence-electron chi connectivity index (χ1n) is 8.63. The molecule has 3 heterocycles. The normalized spacial score (nSPS) is 25.0. The van der Waals surface area contributed by atoms with Crippen LogP contribution < -0.4 is 0 Å². The molecule has 0 radical (unpaired) electrons. The molecule has 1 atom stereocenters. The highest BCUT2D eigenvalue weighted by Gasteiger charge is 2.22. The zero-order chi connectivity index (χ0) is 15.2. The van der Waals surface area contributed by atoms with Gasteiger partial charge in [-0.2, -0.15) is 0 Å². The highest BCUT2D eigenvalue weighted by atomic mass is 16.5. The Morgan fingerprint density at radius 2 is 1.77 bits per heavy atom. The van der Waals surface area contributed by atoms with E-state index in [1.807, 2.05) is 19.3 Å². The van der Waals surface area contributed by atoms with E-state index in [0.29, 0.717) is 6.10 Å². The lowest BCUT2D eigenvalue weighted by Crippen LogP contribution is -2.42. The molecule has 5 nitrogen and oxygen atoms in total. The van der Waals surface area contributed by atoms with E-state index in [-0.39, 0.29) is 0 Å². The van der Waals surface area contributed by atoms with E-state index in [0.717, 1.165) is 45.0 Å². The van der Waals surface area contributed by atoms with Gasteiger partial charge in [0, 0.05) is 50.7 Å². The van der Waals surface area contributed by atoms with Crippen LogP contribution in [0.25, 0.3) is 0 Å². The van der Waals surface area contributed by atoms with E-state index in [4.69, 9.17) is 4.74 Å². The van der Waals surface area contributed by atoms with Gasteiger partial charge in [0.05, 0.1) is 6.10 Å². The Morgan fingerprint density at radius 1 is 1.05 bits per heavy atom. The molecule has 1 aromatic heterocycles. The highest BCUT2D eigenvalue weighted by molar-refractivity contribution is 5.04. The van der Waals surface area contributed by atoms with Gasteiger partial charge in [-0.3, -0.25) is 4.90 Å². The second-order valence-electron chi connectivity index (χ2n) is 6.58. The number of ether oxygens (including phenoxy) is 1. The Hall–Kier alpha value is -1.04. The number of aryl methyl sites for hydroxylation is 1. The number of nitrogens with zero attached hydrogens (tertiary/aromatic N) is 4. The first-order chi connectivity index (χ1) is 10.8. The van der Waals surface area contributed by atoms with Gasteiger partial charge >= 0.3 is 0 Å². The highest BCUT2D eigenvalue weighted by Crippen LogP contribution is 2.14. The molecule has 0 saturated carbocycles. The Kier molecular flexibility index (Phi) is 5.76. The summed E-state index contributed by atoms with van der Waals surface area (Å²) in [5.74, 6) is 0.839. The topological polar surface area (TPSA) is 41.5 Å². The largest absolute Gasteiger partial charge is 0.376 e. The Bertz CT molecular complexity index is 444. The van der Waals surface area contributed by atoms with Crippen molar-refractivity contribution in [3.8, 4) is 0 Å². The molecule has 2 aliphatic rings. The van der Waals surface area contributed by atoms with Gasteiger partial charge in [-0.15, -0.1) is 0 Å². The van der Waals surface area contributed by atoms with Crippen molar-refractivity contribution >= 4 is 0 Å². The van der Waals surface area contributed by atoms with Crippen LogP contribution in [0.5, 0.6) is 0 Å². The molecule has 2 saturated heterocycles. The smallest absolute Gasteiger partial charge is 0.125 e. The molecule has 1 aromatic rings. The maximum Gasteiger partial charge on any atom is 0.125 e. The van der Waals surface area contributed by atoms with Gasteiger partial charge in [0.25, 0.3) is 0 Å². The average molecular weight is 304 g/mol. The van der Waals surface area contributed by atoms with E-state index >= 15 is 0 Å². The van der Waals surface area contributed by atoms with Crippen molar-refractivity contribution in [1.82, 2.24) is 19.8 Å². The lowest BCUT2D eigenvalue weighted by atomic mass is 10.1. The molecule has 5 heteroatoms. The molecular formula is C17H28N4O. The van der Waals surface area contributed by atoms with Crippen LogP contribution in [0.3, 0.4) is 0 Å².